The lowest BCUT2D eigenvalue weighted by atomic mass is 9.43. The summed E-state index contributed by atoms with van der Waals surface area (Å²) in [6.45, 7) is 9.91. The molecule has 0 aromatic carbocycles. The molecule has 0 bridgehead atoms. The van der Waals surface area contributed by atoms with Crippen LogP contribution in [0.3, 0.4) is 0 Å². The van der Waals surface area contributed by atoms with Crippen LogP contribution in [0.15, 0.2) is 0 Å². The van der Waals surface area contributed by atoms with E-state index in [4.69, 9.17) is 14.2 Å². The van der Waals surface area contributed by atoms with E-state index >= 15 is 0 Å². The highest BCUT2D eigenvalue weighted by Gasteiger charge is 2.69. The van der Waals surface area contributed by atoms with E-state index in [-0.39, 0.29) is 46.5 Å². The van der Waals surface area contributed by atoms with Crippen LogP contribution in [0.2, 0.25) is 0 Å². The van der Waals surface area contributed by atoms with Gasteiger partial charge in [0.1, 0.15) is 12.2 Å². The van der Waals surface area contributed by atoms with Crippen LogP contribution in [-0.2, 0) is 28.6 Å². The third-order valence-electron chi connectivity index (χ3n) is 11.0. The van der Waals surface area contributed by atoms with E-state index in [1.165, 1.54) is 53.1 Å². The van der Waals surface area contributed by atoms with Crippen molar-refractivity contribution in [3.63, 3.8) is 0 Å². The van der Waals surface area contributed by atoms with E-state index in [2.05, 4.69) is 20.8 Å². The number of hydrogen-bond donors (Lipinski definition) is 0. The molecular weight excluding hydrogens is 444 g/mol. The fraction of sp³-hybridized carbons (Fsp3) is 0.897. The SMILES string of the molecule is COC(=O)CC[C@@H](C)[C@H]1CC[C@H]2[C@@H]3CC[C@H]4CCCC[C@]4(C)[C@H]3[C@@H](OC(C)=O)[C@H](OC(C)=O)[C@]12C. The van der Waals surface area contributed by atoms with Crippen LogP contribution < -0.4 is 0 Å². The van der Waals surface area contributed by atoms with Gasteiger partial charge in [0.2, 0.25) is 0 Å². The van der Waals surface area contributed by atoms with E-state index in [1.54, 1.807) is 0 Å². The number of fused-ring (bicyclic) bond motifs is 5. The van der Waals surface area contributed by atoms with Crippen molar-refractivity contribution in [2.75, 3.05) is 7.11 Å². The van der Waals surface area contributed by atoms with Crippen LogP contribution in [-0.4, -0.2) is 37.2 Å². The molecule has 4 fully saturated rings. The van der Waals surface area contributed by atoms with Gasteiger partial charge < -0.3 is 14.2 Å². The summed E-state index contributed by atoms with van der Waals surface area (Å²) in [6, 6.07) is 0. The highest BCUT2D eigenvalue weighted by molar-refractivity contribution is 5.69. The van der Waals surface area contributed by atoms with Crippen LogP contribution in [0.4, 0.5) is 0 Å². The van der Waals surface area contributed by atoms with Gasteiger partial charge in [-0.05, 0) is 80.0 Å². The summed E-state index contributed by atoms with van der Waals surface area (Å²) < 4.78 is 17.3. The molecule has 4 aliphatic carbocycles. The summed E-state index contributed by atoms with van der Waals surface area (Å²) in [4.78, 5) is 36.9. The Hall–Kier alpha value is -1.59. The van der Waals surface area contributed by atoms with Crippen LogP contribution in [0.5, 0.6) is 0 Å². The molecule has 4 rings (SSSR count). The van der Waals surface area contributed by atoms with Crippen molar-refractivity contribution in [1.82, 2.24) is 0 Å². The Balaban J connectivity index is 1.76. The van der Waals surface area contributed by atoms with E-state index in [0.29, 0.717) is 24.2 Å². The second-order valence-electron chi connectivity index (χ2n) is 12.6. The molecule has 6 heteroatoms. The van der Waals surface area contributed by atoms with Gasteiger partial charge in [0.25, 0.3) is 0 Å². The number of esters is 3. The average Bonchev–Trinajstić information content (AvgIpc) is 3.16. The summed E-state index contributed by atoms with van der Waals surface area (Å²) in [7, 11) is 1.43. The van der Waals surface area contributed by atoms with E-state index in [0.717, 1.165) is 25.7 Å². The number of rotatable bonds is 6. The minimum absolute atomic E-state index is 0.107. The van der Waals surface area contributed by atoms with Gasteiger partial charge in [-0.2, -0.15) is 0 Å². The van der Waals surface area contributed by atoms with Gasteiger partial charge in [-0.25, -0.2) is 0 Å². The molecule has 35 heavy (non-hydrogen) atoms. The molecule has 6 nitrogen and oxygen atoms in total. The first-order valence-electron chi connectivity index (χ1n) is 13.9. The van der Waals surface area contributed by atoms with Crippen molar-refractivity contribution in [3.05, 3.63) is 0 Å². The summed E-state index contributed by atoms with van der Waals surface area (Å²) in [5.74, 6) is 1.55. The summed E-state index contributed by atoms with van der Waals surface area (Å²) in [5.41, 5.74) is -0.185. The highest BCUT2D eigenvalue weighted by atomic mass is 16.6. The summed E-state index contributed by atoms with van der Waals surface area (Å²) in [5, 5.41) is 0. The molecule has 0 aliphatic heterocycles. The molecule has 0 radical (unpaired) electrons. The Morgan fingerprint density at radius 3 is 2.31 bits per heavy atom. The van der Waals surface area contributed by atoms with Gasteiger partial charge in [-0.3, -0.25) is 14.4 Å². The zero-order chi connectivity index (χ0) is 25.5. The van der Waals surface area contributed by atoms with Crippen molar-refractivity contribution in [2.45, 2.75) is 111 Å². The van der Waals surface area contributed by atoms with Crippen LogP contribution in [0.25, 0.3) is 0 Å². The maximum Gasteiger partial charge on any atom is 0.305 e. The third kappa shape index (κ3) is 4.52. The topological polar surface area (TPSA) is 78.9 Å². The maximum absolute atomic E-state index is 12.5. The fourth-order valence-corrected chi connectivity index (χ4v) is 9.62. The minimum atomic E-state index is -0.458. The molecule has 0 spiro atoms. The normalized spacial score (nSPS) is 43.2. The molecule has 0 aromatic heterocycles. The predicted octanol–water partition coefficient (Wildman–Crippen LogP) is 5.71. The number of hydrogen-bond acceptors (Lipinski definition) is 6. The van der Waals surface area contributed by atoms with Crippen molar-refractivity contribution in [1.29, 1.82) is 0 Å². The number of carbonyl (C=O) groups excluding carboxylic acids is 3. The minimum Gasteiger partial charge on any atom is -0.469 e. The van der Waals surface area contributed by atoms with Crippen LogP contribution >= 0.6 is 0 Å². The summed E-state index contributed by atoms with van der Waals surface area (Å²) in [6.07, 6.45) is 9.75. The van der Waals surface area contributed by atoms with Gasteiger partial charge in [0.05, 0.1) is 7.11 Å². The van der Waals surface area contributed by atoms with Gasteiger partial charge >= 0.3 is 17.9 Å². The van der Waals surface area contributed by atoms with Gasteiger partial charge in [-0.1, -0.05) is 33.6 Å². The molecule has 4 saturated carbocycles. The fourth-order valence-electron chi connectivity index (χ4n) is 9.62. The Kier molecular flexibility index (Phi) is 7.60. The zero-order valence-electron chi connectivity index (χ0n) is 22.6. The average molecular weight is 491 g/mol. The molecule has 0 saturated heterocycles. The molecule has 0 amide bonds. The largest absolute Gasteiger partial charge is 0.469 e. The lowest BCUT2D eigenvalue weighted by Gasteiger charge is -2.64. The second kappa shape index (κ2) is 10.0. The first kappa shape index (κ1) is 26.5. The van der Waals surface area contributed by atoms with E-state index in [1.807, 2.05) is 0 Å². The number of ether oxygens (including phenoxy) is 3. The van der Waals surface area contributed by atoms with Gasteiger partial charge in [-0.15, -0.1) is 0 Å². The van der Waals surface area contributed by atoms with Crippen LogP contribution in [0, 0.1) is 46.3 Å². The van der Waals surface area contributed by atoms with Crippen LogP contribution in [0.1, 0.15) is 98.8 Å². The highest BCUT2D eigenvalue weighted by Crippen LogP contribution is 2.69. The summed E-state index contributed by atoms with van der Waals surface area (Å²) >= 11 is 0. The smallest absolute Gasteiger partial charge is 0.305 e. The van der Waals surface area contributed by atoms with Gasteiger partial charge in [0, 0.05) is 31.6 Å². The first-order chi connectivity index (χ1) is 16.5. The van der Waals surface area contributed by atoms with Crippen molar-refractivity contribution in [3.8, 4) is 0 Å². The standard InChI is InChI=1S/C29H46O6/c1-17(10-15-24(32)33-6)22-13-14-23-21-12-11-20-9-7-8-16-28(20,4)25(21)26(34-18(2)30)27(29(22,23)5)35-19(3)31/h17,20-23,25-27H,7-16H2,1-6H3/t17-,20-,21+,22-,23+,25-,26-,27+,28+,29-/m1/s1. The third-order valence-corrected chi connectivity index (χ3v) is 11.0. The monoisotopic (exact) mass is 490 g/mol. The molecule has 0 heterocycles. The number of carbonyl (C=O) groups is 3. The van der Waals surface area contributed by atoms with Crippen molar-refractivity contribution in [2.24, 2.45) is 46.3 Å². The van der Waals surface area contributed by atoms with E-state index in [9.17, 15) is 14.4 Å². The van der Waals surface area contributed by atoms with Gasteiger partial charge in [0.15, 0.2) is 0 Å². The van der Waals surface area contributed by atoms with Crippen molar-refractivity contribution < 1.29 is 28.6 Å². The molecule has 0 aromatic rings. The maximum atomic E-state index is 12.5. The predicted molar refractivity (Wildman–Crippen MR) is 132 cm³/mol. The Bertz CT molecular complexity index is 824. The first-order valence-corrected chi connectivity index (χ1v) is 13.9. The second-order valence-corrected chi connectivity index (χ2v) is 12.6. The Labute approximate surface area is 211 Å². The molecule has 0 N–H and O–H groups in total. The Morgan fingerprint density at radius 2 is 1.66 bits per heavy atom. The molecule has 4 aliphatic rings. The van der Waals surface area contributed by atoms with Crippen molar-refractivity contribution >= 4 is 17.9 Å². The lowest BCUT2D eigenvalue weighted by Crippen LogP contribution is -2.66. The lowest BCUT2D eigenvalue weighted by molar-refractivity contribution is -0.246. The number of methoxy groups -OCH3 is 1. The molecule has 198 valence electrons. The molecular formula is C29H46O6. The molecule has 0 unspecified atom stereocenters. The zero-order valence-corrected chi connectivity index (χ0v) is 22.6. The molecule has 10 atom stereocenters. The van der Waals surface area contributed by atoms with E-state index < -0.39 is 12.2 Å². The Morgan fingerprint density at radius 1 is 0.943 bits per heavy atom. The quantitative estimate of drug-likeness (QED) is 0.351.